The van der Waals surface area contributed by atoms with E-state index in [9.17, 15) is 5.11 Å². The maximum absolute atomic E-state index is 10.1. The Morgan fingerprint density at radius 1 is 0.440 bits per heavy atom. The van der Waals surface area contributed by atoms with Crippen molar-refractivity contribution in [1.82, 2.24) is 19.9 Å². The zero-order valence-corrected chi connectivity index (χ0v) is 47.7. The van der Waals surface area contributed by atoms with Gasteiger partial charge in [-0.05, 0) is 171 Å². The predicted molar refractivity (Wildman–Crippen MR) is 307 cm³/mol. The van der Waals surface area contributed by atoms with E-state index in [1.54, 1.807) is 39.0 Å². The number of aromatic nitrogens is 4. The van der Waals surface area contributed by atoms with E-state index in [-0.39, 0.29) is 56.6 Å². The van der Waals surface area contributed by atoms with Gasteiger partial charge in [0.05, 0.1) is 42.6 Å². The smallest absolute Gasteiger partial charge is 0.850 e. The van der Waals surface area contributed by atoms with Gasteiger partial charge in [-0.2, -0.15) is 0 Å². The summed E-state index contributed by atoms with van der Waals surface area (Å²) in [5.74, 6) is 1.88. The van der Waals surface area contributed by atoms with E-state index in [0.29, 0.717) is 0 Å². The number of para-hydroxylation sites is 2. The summed E-state index contributed by atoms with van der Waals surface area (Å²) in [5, 5.41) is 19.0. The van der Waals surface area contributed by atoms with Crippen LogP contribution in [0.3, 0.4) is 0 Å². The molecule has 0 amide bonds. The molecule has 75 heavy (non-hydrogen) atoms. The summed E-state index contributed by atoms with van der Waals surface area (Å²) in [5.41, 5.74) is 17.2. The summed E-state index contributed by atoms with van der Waals surface area (Å²) in [7, 11) is 0. The van der Waals surface area contributed by atoms with Crippen molar-refractivity contribution in [2.75, 3.05) is 0 Å². The summed E-state index contributed by atoms with van der Waals surface area (Å²) in [4.78, 5) is 19.0. The van der Waals surface area contributed by atoms with E-state index in [4.69, 9.17) is 29.8 Å². The van der Waals surface area contributed by atoms with Crippen molar-refractivity contribution in [3.63, 3.8) is 0 Å². The average Bonchev–Trinajstić information content (AvgIpc) is 4.12. The third-order valence-corrected chi connectivity index (χ3v) is 15.1. The fourth-order valence-electron chi connectivity index (χ4n) is 10.7. The summed E-state index contributed by atoms with van der Waals surface area (Å²) in [6.07, 6.45) is 7.42. The molecule has 0 aliphatic heterocycles. The maximum atomic E-state index is 10.1. The first-order chi connectivity index (χ1) is 34.9. The van der Waals surface area contributed by atoms with Gasteiger partial charge in [-0.25, -0.2) is 0 Å². The second-order valence-electron chi connectivity index (χ2n) is 18.7. The molecule has 4 aliphatic carbocycles. The molecule has 1 N–H and O–H groups in total. The molecule has 4 aromatic heterocycles. The molecule has 363 valence electrons. The van der Waals surface area contributed by atoms with Gasteiger partial charge in [0.15, 0.2) is 0 Å². The van der Waals surface area contributed by atoms with Crippen molar-refractivity contribution in [1.29, 1.82) is 0 Å². The Kier molecular flexibility index (Phi) is 16.4. The molecule has 3 radical (unpaired) electrons. The average molecular weight is 1180 g/mol. The summed E-state index contributed by atoms with van der Waals surface area (Å²) >= 11 is 10.4. The van der Waals surface area contributed by atoms with E-state index >= 15 is 0 Å². The molecule has 7 nitrogen and oxygen atoms in total. The third kappa shape index (κ3) is 9.56. The van der Waals surface area contributed by atoms with Gasteiger partial charge in [0.1, 0.15) is 17.2 Å². The van der Waals surface area contributed by atoms with Gasteiger partial charge in [0, 0.05) is 37.7 Å². The molecule has 10 aromatic rings. The summed E-state index contributed by atoms with van der Waals surface area (Å²) in [6.45, 7) is 4.90. The Labute approximate surface area is 487 Å². The molecule has 2 spiro atoms. The van der Waals surface area contributed by atoms with Crippen LogP contribution in [0.15, 0.2) is 220 Å². The third-order valence-electron chi connectivity index (χ3n) is 13.2. The standard InChI is InChI=1S/C29H17BrN2O.C23H13BrN2.C6H5BrO.C4H9O.CH4.B.Na/c30-25-11-3-4-12-26(25)33-18-13-14-20-19-7-1-2-8-21(19)29(24(20)17-18)22-9-5-15-31-27(22)28-23(29)10-6-16-32-28;24-14-9-10-16-15-5-1-2-6-17(15)23(20(16)13-14)18-7-3-11-25-21(18)22-19(23)8-4-12-26-22;7-5-3-1-2-4-6(5)8;1-4(2,3)5;;;/h1-17H;1-13H;1-4,8H;1-3H3;1H4;;/q;;;-1;;;+1. The largest absolute Gasteiger partial charge is 1.00 e. The first kappa shape index (κ1) is 55.2. The maximum Gasteiger partial charge on any atom is 1.00 e. The van der Waals surface area contributed by atoms with Gasteiger partial charge >= 0.3 is 29.6 Å². The number of halogens is 3. The van der Waals surface area contributed by atoms with Crippen LogP contribution in [0.4, 0.5) is 0 Å². The van der Waals surface area contributed by atoms with Crippen LogP contribution in [0, 0.1) is 0 Å². The molecule has 4 heterocycles. The molecule has 0 saturated heterocycles. The Morgan fingerprint density at radius 2 is 0.800 bits per heavy atom. The van der Waals surface area contributed by atoms with Crippen molar-refractivity contribution in [3.8, 4) is 62.3 Å². The Bertz CT molecular complexity index is 3580. The number of ether oxygens (including phenoxy) is 1. The molecule has 0 bridgehead atoms. The van der Waals surface area contributed by atoms with Gasteiger partial charge in [-0.15, -0.1) is 5.60 Å². The fourth-order valence-corrected chi connectivity index (χ4v) is 11.7. The number of fused-ring (bicyclic) bond motifs is 20. The Morgan fingerprint density at radius 3 is 1.23 bits per heavy atom. The number of hydrogen-bond donors (Lipinski definition) is 1. The number of pyridine rings is 4. The number of hydrogen-bond acceptors (Lipinski definition) is 7. The second kappa shape index (κ2) is 22.3. The number of benzene rings is 6. The van der Waals surface area contributed by atoms with Gasteiger partial charge in [-0.3, -0.25) is 19.9 Å². The van der Waals surface area contributed by atoms with Crippen LogP contribution in [0.25, 0.3) is 45.0 Å². The fraction of sp³-hybridized carbons (Fsp3) is 0.111. The van der Waals surface area contributed by atoms with Crippen LogP contribution >= 0.6 is 47.8 Å². The van der Waals surface area contributed by atoms with Crippen LogP contribution in [-0.2, 0) is 10.8 Å². The molecule has 6 aromatic carbocycles. The van der Waals surface area contributed by atoms with Gasteiger partial charge in [0.25, 0.3) is 0 Å². The van der Waals surface area contributed by atoms with Crippen LogP contribution < -0.4 is 39.4 Å². The number of rotatable bonds is 2. The summed E-state index contributed by atoms with van der Waals surface area (Å²) in [6, 6.07) is 62.3. The molecule has 14 rings (SSSR count). The number of nitrogens with zero attached hydrogens (tertiary/aromatic N) is 4. The van der Waals surface area contributed by atoms with Crippen molar-refractivity contribution < 1.29 is 44.5 Å². The van der Waals surface area contributed by atoms with Gasteiger partial charge in [-0.1, -0.05) is 153 Å². The quantitative estimate of drug-likeness (QED) is 0.172. The minimum atomic E-state index is -0.750. The zero-order chi connectivity index (χ0) is 49.8. The van der Waals surface area contributed by atoms with Crippen molar-refractivity contribution in [3.05, 3.63) is 265 Å². The van der Waals surface area contributed by atoms with E-state index in [1.807, 2.05) is 79.4 Å². The summed E-state index contributed by atoms with van der Waals surface area (Å²) < 4.78 is 9.08. The SMILES string of the molecule is Brc1ccc2c(c1)C1(c3ccccc3-2)c2cccnc2-c2ncccc21.Brc1ccccc1Oc1ccc2c(c1)C1(c3ccccc3-2)c2cccnc2-c2ncccc21.C.CC(C)(C)[O-].Oc1ccccc1Br.[B].[Na+]. The van der Waals surface area contributed by atoms with E-state index < -0.39 is 11.0 Å². The van der Waals surface area contributed by atoms with Crippen LogP contribution in [-0.4, -0.2) is 39.1 Å². The second-order valence-corrected chi connectivity index (χ2v) is 21.3. The molecule has 0 fully saturated rings. The molecule has 0 unspecified atom stereocenters. The minimum absolute atomic E-state index is 0. The first-order valence-electron chi connectivity index (χ1n) is 23.4. The first-order valence-corrected chi connectivity index (χ1v) is 25.8. The monoisotopic (exact) mass is 1180 g/mol. The Hall–Kier alpha value is -6.02. The van der Waals surface area contributed by atoms with Gasteiger partial charge < -0.3 is 14.9 Å². The number of phenolic OH excluding ortho intramolecular Hbond substituents is 1. The normalized spacial score (nSPS) is 12.9. The molecule has 4 aliphatic rings. The molecule has 0 saturated carbocycles. The molecular weight excluding hydrogens is 1130 g/mol. The van der Waals surface area contributed by atoms with Crippen LogP contribution in [0.5, 0.6) is 17.2 Å². The molecule has 0 atom stereocenters. The van der Waals surface area contributed by atoms with Crippen molar-refractivity contribution >= 4 is 56.2 Å². The van der Waals surface area contributed by atoms with Crippen LogP contribution in [0.2, 0.25) is 0 Å². The van der Waals surface area contributed by atoms with E-state index in [0.717, 1.165) is 47.7 Å². The van der Waals surface area contributed by atoms with Crippen molar-refractivity contribution in [2.45, 2.75) is 44.6 Å². The van der Waals surface area contributed by atoms with Crippen LogP contribution in [0.1, 0.15) is 72.7 Å². The Balaban J connectivity index is 0.000000158. The minimum Gasteiger partial charge on any atom is -0.850 e. The molecular formula is C63H48BBr3N4NaO3. The predicted octanol–water partition coefficient (Wildman–Crippen LogP) is 12.5. The zero-order valence-electron chi connectivity index (χ0n) is 40.9. The number of phenols is 1. The van der Waals surface area contributed by atoms with Crippen molar-refractivity contribution in [2.24, 2.45) is 0 Å². The van der Waals surface area contributed by atoms with E-state index in [2.05, 4.69) is 157 Å². The van der Waals surface area contributed by atoms with Gasteiger partial charge in [0.2, 0.25) is 0 Å². The number of aromatic hydroxyl groups is 1. The van der Waals surface area contributed by atoms with E-state index in [1.165, 1.54) is 66.8 Å². The topological polar surface area (TPSA) is 104 Å². The molecule has 12 heteroatoms.